The van der Waals surface area contributed by atoms with Crippen molar-refractivity contribution in [1.29, 1.82) is 0 Å². The lowest BCUT2D eigenvalue weighted by Crippen LogP contribution is -2.22. The van der Waals surface area contributed by atoms with Crippen molar-refractivity contribution in [3.63, 3.8) is 0 Å². The Morgan fingerprint density at radius 1 is 1.23 bits per heavy atom. The molecular formula is C16H16N2O4. The zero-order valence-corrected chi connectivity index (χ0v) is 12.4. The van der Waals surface area contributed by atoms with Gasteiger partial charge in [-0.2, -0.15) is 0 Å². The maximum absolute atomic E-state index is 11.3. The van der Waals surface area contributed by atoms with Gasteiger partial charge in [0.05, 0.1) is 4.92 Å². The van der Waals surface area contributed by atoms with Crippen LogP contribution in [0.1, 0.15) is 12.5 Å². The van der Waals surface area contributed by atoms with Gasteiger partial charge in [-0.1, -0.05) is 12.1 Å². The number of benzene rings is 2. The summed E-state index contributed by atoms with van der Waals surface area (Å²) >= 11 is 0. The molecule has 0 aliphatic carbocycles. The van der Waals surface area contributed by atoms with E-state index in [4.69, 9.17) is 4.74 Å². The molecule has 0 fully saturated rings. The van der Waals surface area contributed by atoms with Crippen molar-refractivity contribution in [3.8, 4) is 5.75 Å². The van der Waals surface area contributed by atoms with Gasteiger partial charge in [0, 0.05) is 31.8 Å². The maximum Gasteiger partial charge on any atom is 0.269 e. The number of nitro groups is 1. The number of carbonyl (C=O) groups excluding carboxylic acids is 1. The van der Waals surface area contributed by atoms with Crippen molar-refractivity contribution in [2.24, 2.45) is 0 Å². The molecule has 6 heteroatoms. The Hall–Kier alpha value is -2.89. The molecule has 0 saturated heterocycles. The van der Waals surface area contributed by atoms with E-state index in [0.29, 0.717) is 5.75 Å². The van der Waals surface area contributed by atoms with Crippen molar-refractivity contribution in [3.05, 3.63) is 64.2 Å². The molecule has 0 aliphatic heterocycles. The smallest absolute Gasteiger partial charge is 0.269 e. The van der Waals surface area contributed by atoms with Crippen molar-refractivity contribution in [2.75, 3.05) is 11.9 Å². The molecule has 2 aromatic carbocycles. The third-order valence-corrected chi connectivity index (χ3v) is 3.22. The minimum Gasteiger partial charge on any atom is -0.489 e. The highest BCUT2D eigenvalue weighted by Gasteiger charge is 2.07. The first-order valence-corrected chi connectivity index (χ1v) is 6.68. The fourth-order valence-corrected chi connectivity index (χ4v) is 1.87. The van der Waals surface area contributed by atoms with Crippen LogP contribution in [0.3, 0.4) is 0 Å². The van der Waals surface area contributed by atoms with Gasteiger partial charge in [0.1, 0.15) is 12.4 Å². The Kier molecular flexibility index (Phi) is 4.73. The quantitative estimate of drug-likeness (QED) is 0.628. The summed E-state index contributed by atoms with van der Waals surface area (Å²) in [5.74, 6) is 0.581. The fraction of sp³-hybridized carbons (Fsp3) is 0.188. The number of carbonyl (C=O) groups is 1. The topological polar surface area (TPSA) is 72.7 Å². The molecule has 0 heterocycles. The lowest BCUT2D eigenvalue weighted by molar-refractivity contribution is -0.384. The average molecular weight is 300 g/mol. The summed E-state index contributed by atoms with van der Waals surface area (Å²) in [5, 5.41) is 10.7. The number of anilines is 1. The minimum absolute atomic E-state index is 0.0412. The zero-order chi connectivity index (χ0) is 16.1. The van der Waals surface area contributed by atoms with E-state index in [2.05, 4.69) is 0 Å². The first-order chi connectivity index (χ1) is 10.5. The van der Waals surface area contributed by atoms with E-state index in [1.165, 1.54) is 24.0 Å². The monoisotopic (exact) mass is 300 g/mol. The van der Waals surface area contributed by atoms with Crippen molar-refractivity contribution in [1.82, 2.24) is 0 Å². The van der Waals surface area contributed by atoms with E-state index in [9.17, 15) is 14.9 Å². The lowest BCUT2D eigenvalue weighted by atomic mass is 10.2. The third kappa shape index (κ3) is 3.82. The van der Waals surface area contributed by atoms with Gasteiger partial charge in [0.25, 0.3) is 5.69 Å². The number of nitrogens with zero attached hydrogens (tertiary/aromatic N) is 2. The molecule has 0 spiro atoms. The number of non-ortho nitro benzene ring substituents is 1. The maximum atomic E-state index is 11.3. The molecule has 22 heavy (non-hydrogen) atoms. The number of hydrogen-bond donors (Lipinski definition) is 0. The molecule has 0 N–H and O–H groups in total. The van der Waals surface area contributed by atoms with Gasteiger partial charge in [0.15, 0.2) is 0 Å². The van der Waals surface area contributed by atoms with E-state index in [0.717, 1.165) is 11.3 Å². The van der Waals surface area contributed by atoms with Crippen molar-refractivity contribution in [2.45, 2.75) is 13.5 Å². The van der Waals surface area contributed by atoms with Crippen LogP contribution in [0.2, 0.25) is 0 Å². The standard InChI is InChI=1S/C16H16N2O4/c1-12(19)17(2)14-6-8-16(9-7-14)22-11-13-4-3-5-15(10-13)18(20)21/h3-10H,11H2,1-2H3. The predicted octanol–water partition coefficient (Wildman–Crippen LogP) is 3.16. The number of nitro benzene ring substituents is 1. The molecule has 0 bridgehead atoms. The molecule has 0 aromatic heterocycles. The van der Waals surface area contributed by atoms with Crippen LogP contribution in [0.25, 0.3) is 0 Å². The highest BCUT2D eigenvalue weighted by atomic mass is 16.6. The fourth-order valence-electron chi connectivity index (χ4n) is 1.87. The Morgan fingerprint density at radius 2 is 1.91 bits per heavy atom. The number of hydrogen-bond acceptors (Lipinski definition) is 4. The molecule has 2 rings (SSSR count). The largest absolute Gasteiger partial charge is 0.489 e. The summed E-state index contributed by atoms with van der Waals surface area (Å²) in [4.78, 5) is 23.1. The second-order valence-corrected chi connectivity index (χ2v) is 4.79. The van der Waals surface area contributed by atoms with Gasteiger partial charge in [-0.15, -0.1) is 0 Å². The van der Waals surface area contributed by atoms with E-state index < -0.39 is 4.92 Å². The average Bonchev–Trinajstić information content (AvgIpc) is 2.53. The second-order valence-electron chi connectivity index (χ2n) is 4.79. The molecule has 0 unspecified atom stereocenters. The summed E-state index contributed by atoms with van der Waals surface area (Å²) in [5.41, 5.74) is 1.54. The molecule has 0 aliphatic rings. The van der Waals surface area contributed by atoms with Crippen LogP contribution in [0.5, 0.6) is 5.75 Å². The van der Waals surface area contributed by atoms with Gasteiger partial charge < -0.3 is 9.64 Å². The Bertz CT molecular complexity index is 683. The number of amides is 1. The van der Waals surface area contributed by atoms with Gasteiger partial charge in [0.2, 0.25) is 5.91 Å². The third-order valence-electron chi connectivity index (χ3n) is 3.22. The second kappa shape index (κ2) is 6.71. The molecule has 0 radical (unpaired) electrons. The molecule has 2 aromatic rings. The molecule has 1 amide bonds. The first kappa shape index (κ1) is 15.5. The van der Waals surface area contributed by atoms with Crippen LogP contribution >= 0.6 is 0 Å². The SMILES string of the molecule is CC(=O)N(C)c1ccc(OCc2cccc([N+](=O)[O-])c2)cc1. The Balaban J connectivity index is 2.01. The van der Waals surface area contributed by atoms with Gasteiger partial charge in [-0.25, -0.2) is 0 Å². The van der Waals surface area contributed by atoms with Crippen LogP contribution < -0.4 is 9.64 Å². The van der Waals surface area contributed by atoms with Gasteiger partial charge in [-0.3, -0.25) is 14.9 Å². The van der Waals surface area contributed by atoms with E-state index >= 15 is 0 Å². The van der Waals surface area contributed by atoms with Gasteiger partial charge in [-0.05, 0) is 29.8 Å². The molecule has 6 nitrogen and oxygen atoms in total. The number of ether oxygens (including phenoxy) is 1. The molecule has 0 saturated carbocycles. The Labute approximate surface area is 128 Å². The minimum atomic E-state index is -0.435. The normalized spacial score (nSPS) is 10.1. The van der Waals surface area contributed by atoms with Gasteiger partial charge >= 0.3 is 0 Å². The highest BCUT2D eigenvalue weighted by Crippen LogP contribution is 2.20. The summed E-state index contributed by atoms with van der Waals surface area (Å²) in [7, 11) is 1.70. The Morgan fingerprint density at radius 3 is 2.50 bits per heavy atom. The number of rotatable bonds is 5. The first-order valence-electron chi connectivity index (χ1n) is 6.68. The summed E-state index contributed by atoms with van der Waals surface area (Å²) < 4.78 is 5.60. The van der Waals surface area contributed by atoms with E-state index in [1.807, 2.05) is 0 Å². The van der Waals surface area contributed by atoms with Crippen LogP contribution in [-0.2, 0) is 11.4 Å². The van der Waals surface area contributed by atoms with E-state index in [-0.39, 0.29) is 18.2 Å². The van der Waals surface area contributed by atoms with Crippen molar-refractivity contribution >= 4 is 17.3 Å². The summed E-state index contributed by atoms with van der Waals surface area (Å²) in [6.07, 6.45) is 0. The zero-order valence-electron chi connectivity index (χ0n) is 12.4. The molecule has 0 atom stereocenters. The van der Waals surface area contributed by atoms with Crippen LogP contribution in [-0.4, -0.2) is 17.9 Å². The lowest BCUT2D eigenvalue weighted by Gasteiger charge is -2.15. The summed E-state index contributed by atoms with van der Waals surface area (Å²) in [6, 6.07) is 13.4. The molecular weight excluding hydrogens is 284 g/mol. The van der Waals surface area contributed by atoms with Crippen LogP contribution in [0.15, 0.2) is 48.5 Å². The van der Waals surface area contributed by atoms with Crippen molar-refractivity contribution < 1.29 is 14.5 Å². The van der Waals surface area contributed by atoms with Crippen LogP contribution in [0.4, 0.5) is 11.4 Å². The predicted molar refractivity (Wildman–Crippen MR) is 83.0 cm³/mol. The summed E-state index contributed by atoms with van der Waals surface area (Å²) in [6.45, 7) is 1.73. The molecule has 114 valence electrons. The van der Waals surface area contributed by atoms with E-state index in [1.54, 1.807) is 43.4 Å². The highest BCUT2D eigenvalue weighted by molar-refractivity contribution is 5.90. The van der Waals surface area contributed by atoms with Crippen LogP contribution in [0, 0.1) is 10.1 Å².